The van der Waals surface area contributed by atoms with E-state index in [1.807, 2.05) is 6.26 Å². The van der Waals surface area contributed by atoms with Gasteiger partial charge in [-0.3, -0.25) is 9.48 Å². The van der Waals surface area contributed by atoms with Gasteiger partial charge < -0.3 is 5.32 Å². The number of rotatable bonds is 6. The highest BCUT2D eigenvalue weighted by Gasteiger charge is 2.41. The second kappa shape index (κ2) is 7.97. The Kier molecular flexibility index (Phi) is 5.93. The second-order valence-electron chi connectivity index (χ2n) is 7.40. The lowest BCUT2D eigenvalue weighted by Crippen LogP contribution is -2.21. The Morgan fingerprint density at radius 2 is 2.17 bits per heavy atom. The molecule has 2 aromatic rings. The van der Waals surface area contributed by atoms with E-state index in [0.717, 1.165) is 4.68 Å². The minimum absolute atomic E-state index is 0.0122. The summed E-state index contributed by atoms with van der Waals surface area (Å²) in [5.74, 6) is -7.07. The van der Waals surface area contributed by atoms with Crippen LogP contribution in [-0.2, 0) is 12.5 Å². The van der Waals surface area contributed by atoms with Crippen molar-refractivity contribution >= 4 is 23.4 Å². The number of anilines is 1. The van der Waals surface area contributed by atoms with Gasteiger partial charge in [0.05, 0.1) is 5.03 Å². The molecule has 1 unspecified atom stereocenters. The summed E-state index contributed by atoms with van der Waals surface area (Å²) >= 11 is 1.39. The van der Waals surface area contributed by atoms with E-state index in [4.69, 9.17) is 0 Å². The molecular formula is C19H22F4N4OS. The lowest BCUT2D eigenvalue weighted by Gasteiger charge is -2.14. The van der Waals surface area contributed by atoms with Gasteiger partial charge in [0.15, 0.2) is 0 Å². The fourth-order valence-electron chi connectivity index (χ4n) is 3.62. The molecule has 1 fully saturated rings. The van der Waals surface area contributed by atoms with Gasteiger partial charge in [-0.2, -0.15) is 13.9 Å². The molecule has 5 nitrogen and oxygen atoms in total. The van der Waals surface area contributed by atoms with Crippen molar-refractivity contribution in [2.45, 2.75) is 56.5 Å². The molecule has 0 bridgehead atoms. The van der Waals surface area contributed by atoms with Crippen LogP contribution in [0, 0.1) is 12.8 Å². The molecule has 1 N–H and O–H groups in total. The zero-order valence-electron chi connectivity index (χ0n) is 16.3. The van der Waals surface area contributed by atoms with E-state index in [-0.39, 0.29) is 37.1 Å². The average Bonchev–Trinajstić information content (AvgIpc) is 3.13. The maximum absolute atomic E-state index is 14.0. The number of thioether (sulfide) groups is 1. The van der Waals surface area contributed by atoms with Gasteiger partial charge in [0, 0.05) is 43.8 Å². The number of alkyl halides is 4. The number of amides is 1. The van der Waals surface area contributed by atoms with Gasteiger partial charge in [-0.25, -0.2) is 13.8 Å². The van der Waals surface area contributed by atoms with Crippen LogP contribution in [0.25, 0.3) is 0 Å². The minimum Gasteiger partial charge on any atom is -0.321 e. The molecule has 1 aliphatic carbocycles. The Labute approximate surface area is 170 Å². The van der Waals surface area contributed by atoms with Crippen molar-refractivity contribution in [3.8, 4) is 0 Å². The van der Waals surface area contributed by atoms with Crippen molar-refractivity contribution in [3.05, 3.63) is 35.3 Å². The first-order valence-electron chi connectivity index (χ1n) is 9.15. The van der Waals surface area contributed by atoms with Crippen molar-refractivity contribution in [3.63, 3.8) is 0 Å². The first kappa shape index (κ1) is 21.6. The Hall–Kier alpha value is -2.10. The normalized spacial score (nSPS) is 18.8. The van der Waals surface area contributed by atoms with Crippen LogP contribution in [0.1, 0.15) is 47.9 Å². The molecule has 158 valence electrons. The molecule has 29 heavy (non-hydrogen) atoms. The smallest absolute Gasteiger partial charge is 0.289 e. The van der Waals surface area contributed by atoms with E-state index >= 15 is 0 Å². The SMILES string of the molecule is CSc1cc(NC(=O)c2c(C)c(C(C)(F)F)nn2CC2CCC(F)(F)C2)ccn1. The molecule has 0 aliphatic heterocycles. The third-order valence-electron chi connectivity index (χ3n) is 4.96. The predicted molar refractivity (Wildman–Crippen MR) is 103 cm³/mol. The van der Waals surface area contributed by atoms with E-state index in [1.54, 1.807) is 12.1 Å². The number of nitrogens with zero attached hydrogens (tertiary/aromatic N) is 3. The fraction of sp³-hybridized carbons (Fsp3) is 0.526. The molecule has 0 radical (unpaired) electrons. The minimum atomic E-state index is -3.26. The van der Waals surface area contributed by atoms with Gasteiger partial charge in [-0.05, 0) is 37.7 Å². The molecule has 0 spiro atoms. The van der Waals surface area contributed by atoms with Crippen molar-refractivity contribution in [1.82, 2.24) is 14.8 Å². The Morgan fingerprint density at radius 3 is 2.76 bits per heavy atom. The number of halogens is 4. The van der Waals surface area contributed by atoms with Gasteiger partial charge in [-0.1, -0.05) is 0 Å². The third kappa shape index (κ3) is 4.91. The lowest BCUT2D eigenvalue weighted by atomic mass is 10.1. The first-order chi connectivity index (χ1) is 13.5. The summed E-state index contributed by atoms with van der Waals surface area (Å²) in [4.78, 5) is 17.0. The van der Waals surface area contributed by atoms with Gasteiger partial charge >= 0.3 is 0 Å². The van der Waals surface area contributed by atoms with Crippen molar-refractivity contribution in [2.24, 2.45) is 5.92 Å². The van der Waals surface area contributed by atoms with Crippen LogP contribution in [0.2, 0.25) is 0 Å². The quantitative estimate of drug-likeness (QED) is 0.511. The maximum atomic E-state index is 14.0. The molecule has 1 amide bonds. The summed E-state index contributed by atoms with van der Waals surface area (Å²) in [6, 6.07) is 3.24. The van der Waals surface area contributed by atoms with Gasteiger partial charge in [0.2, 0.25) is 5.92 Å². The molecule has 10 heteroatoms. The molecule has 0 aromatic carbocycles. The number of pyridine rings is 1. The number of carbonyl (C=O) groups is 1. The van der Waals surface area contributed by atoms with E-state index in [1.165, 1.54) is 24.9 Å². The van der Waals surface area contributed by atoms with Crippen LogP contribution in [-0.4, -0.2) is 32.8 Å². The van der Waals surface area contributed by atoms with Gasteiger partial charge in [-0.15, -0.1) is 11.8 Å². The number of carbonyl (C=O) groups excluding carboxylic acids is 1. The van der Waals surface area contributed by atoms with Crippen LogP contribution in [0.15, 0.2) is 23.4 Å². The molecule has 0 saturated heterocycles. The molecule has 2 heterocycles. The number of aromatic nitrogens is 3. The van der Waals surface area contributed by atoms with Crippen LogP contribution in [0.3, 0.4) is 0 Å². The molecular weight excluding hydrogens is 408 g/mol. The molecule has 1 atom stereocenters. The first-order valence-corrected chi connectivity index (χ1v) is 10.4. The Morgan fingerprint density at radius 1 is 1.45 bits per heavy atom. The van der Waals surface area contributed by atoms with Crippen LogP contribution in [0.5, 0.6) is 0 Å². The van der Waals surface area contributed by atoms with Crippen LogP contribution >= 0.6 is 11.8 Å². The highest BCUT2D eigenvalue weighted by molar-refractivity contribution is 7.98. The Bertz CT molecular complexity index is 910. The van der Waals surface area contributed by atoms with Gasteiger partial charge in [0.1, 0.15) is 11.4 Å². The highest BCUT2D eigenvalue weighted by Crippen LogP contribution is 2.40. The zero-order valence-corrected chi connectivity index (χ0v) is 17.1. The molecule has 3 rings (SSSR count). The van der Waals surface area contributed by atoms with Gasteiger partial charge in [0.25, 0.3) is 11.8 Å². The predicted octanol–water partition coefficient (Wildman–Crippen LogP) is 5.11. The fourth-order valence-corrected chi connectivity index (χ4v) is 4.03. The summed E-state index contributed by atoms with van der Waals surface area (Å²) in [7, 11) is 0. The molecule has 1 aliphatic rings. The highest BCUT2D eigenvalue weighted by atomic mass is 32.2. The lowest BCUT2D eigenvalue weighted by molar-refractivity contribution is 0.00345. The standard InChI is InChI=1S/C19H22F4N4OS/c1-11-15(17(28)25-13-5-7-24-14(8-13)29-3)27(26-16(11)18(2,20)21)10-12-4-6-19(22,23)9-12/h5,7-8,12H,4,6,9-10H2,1-3H3,(H,24,25,28). The van der Waals surface area contributed by atoms with Crippen molar-refractivity contribution in [1.29, 1.82) is 0 Å². The topological polar surface area (TPSA) is 59.8 Å². The summed E-state index contributed by atoms with van der Waals surface area (Å²) in [6.45, 7) is 2.08. The number of nitrogens with one attached hydrogen (secondary N) is 1. The van der Waals surface area contributed by atoms with E-state index < -0.39 is 29.4 Å². The monoisotopic (exact) mass is 430 g/mol. The second-order valence-corrected chi connectivity index (χ2v) is 8.23. The summed E-state index contributed by atoms with van der Waals surface area (Å²) in [6.07, 6.45) is 3.03. The summed E-state index contributed by atoms with van der Waals surface area (Å²) < 4.78 is 56.2. The number of hydrogen-bond acceptors (Lipinski definition) is 4. The third-order valence-corrected chi connectivity index (χ3v) is 5.60. The maximum Gasteiger partial charge on any atom is 0.289 e. The van der Waals surface area contributed by atoms with Crippen LogP contribution in [0.4, 0.5) is 23.2 Å². The van der Waals surface area contributed by atoms with Crippen molar-refractivity contribution in [2.75, 3.05) is 11.6 Å². The van der Waals surface area contributed by atoms with Crippen LogP contribution < -0.4 is 5.32 Å². The Balaban J connectivity index is 1.92. The summed E-state index contributed by atoms with van der Waals surface area (Å²) in [5, 5.41) is 7.29. The average molecular weight is 430 g/mol. The largest absolute Gasteiger partial charge is 0.321 e. The molecule has 1 saturated carbocycles. The number of hydrogen-bond donors (Lipinski definition) is 1. The zero-order chi connectivity index (χ0) is 21.4. The molecule has 2 aromatic heterocycles. The van der Waals surface area contributed by atoms with E-state index in [0.29, 0.717) is 17.6 Å². The van der Waals surface area contributed by atoms with Crippen molar-refractivity contribution < 1.29 is 22.4 Å². The summed E-state index contributed by atoms with van der Waals surface area (Å²) in [5.41, 5.74) is -0.0659. The van der Waals surface area contributed by atoms with E-state index in [9.17, 15) is 22.4 Å². The van der Waals surface area contributed by atoms with E-state index in [2.05, 4.69) is 15.4 Å².